The van der Waals surface area contributed by atoms with E-state index in [1.165, 1.54) is 25.4 Å². The zero-order valence-electron chi connectivity index (χ0n) is 11.0. The first kappa shape index (κ1) is 13.8. The van der Waals surface area contributed by atoms with Gasteiger partial charge in [0.2, 0.25) is 0 Å². The first-order valence-electron chi connectivity index (χ1n) is 6.17. The fraction of sp³-hybridized carbons (Fsp3) is 0.333. The standard InChI is InChI=1S/C15H18BrNS/c1-4-17-15(12-7-5-10(2)6-8-12)13-9-14(16)18-11(13)3/h5-9,15,17H,4H2,1-3H3. The Morgan fingerprint density at radius 2 is 1.89 bits per heavy atom. The van der Waals surface area contributed by atoms with E-state index in [1.54, 1.807) is 11.3 Å². The summed E-state index contributed by atoms with van der Waals surface area (Å²) in [4.78, 5) is 1.37. The van der Waals surface area contributed by atoms with Crippen molar-refractivity contribution in [2.45, 2.75) is 26.8 Å². The lowest BCUT2D eigenvalue weighted by Gasteiger charge is -2.18. The van der Waals surface area contributed by atoms with Crippen LogP contribution in [0.25, 0.3) is 0 Å². The van der Waals surface area contributed by atoms with Crippen LogP contribution in [0.4, 0.5) is 0 Å². The third-order valence-electron chi connectivity index (χ3n) is 3.06. The van der Waals surface area contributed by atoms with E-state index in [0.29, 0.717) is 0 Å². The predicted octanol–water partition coefficient (Wildman–Crippen LogP) is 4.83. The smallest absolute Gasteiger partial charge is 0.0704 e. The molecule has 1 unspecified atom stereocenters. The molecule has 1 nitrogen and oxygen atoms in total. The molecule has 1 atom stereocenters. The Balaban J connectivity index is 2.39. The molecule has 0 bridgehead atoms. The van der Waals surface area contributed by atoms with Crippen molar-refractivity contribution < 1.29 is 0 Å². The maximum Gasteiger partial charge on any atom is 0.0704 e. The summed E-state index contributed by atoms with van der Waals surface area (Å²) in [5.41, 5.74) is 4.01. The van der Waals surface area contributed by atoms with E-state index in [2.05, 4.69) is 72.3 Å². The van der Waals surface area contributed by atoms with E-state index in [-0.39, 0.29) is 6.04 Å². The second kappa shape index (κ2) is 6.00. The summed E-state index contributed by atoms with van der Waals surface area (Å²) >= 11 is 5.38. The van der Waals surface area contributed by atoms with Gasteiger partial charge in [-0.3, -0.25) is 0 Å². The molecule has 0 radical (unpaired) electrons. The molecule has 0 aliphatic heterocycles. The molecule has 0 fully saturated rings. The minimum absolute atomic E-state index is 0.290. The molecule has 2 aromatic rings. The van der Waals surface area contributed by atoms with Crippen molar-refractivity contribution in [1.82, 2.24) is 5.32 Å². The first-order chi connectivity index (χ1) is 8.61. The van der Waals surface area contributed by atoms with Crippen molar-refractivity contribution in [2.75, 3.05) is 6.54 Å². The molecule has 1 aromatic carbocycles. The molecule has 0 saturated carbocycles. The van der Waals surface area contributed by atoms with Gasteiger partial charge >= 0.3 is 0 Å². The highest BCUT2D eigenvalue weighted by Crippen LogP contribution is 2.33. The van der Waals surface area contributed by atoms with Crippen LogP contribution in [0.15, 0.2) is 34.1 Å². The highest BCUT2D eigenvalue weighted by molar-refractivity contribution is 9.11. The molecule has 1 N–H and O–H groups in total. The SMILES string of the molecule is CCNC(c1ccc(C)cc1)c1cc(Br)sc1C. The van der Waals surface area contributed by atoms with E-state index in [4.69, 9.17) is 0 Å². The van der Waals surface area contributed by atoms with Gasteiger partial charge in [0.05, 0.1) is 9.83 Å². The summed E-state index contributed by atoms with van der Waals surface area (Å²) < 4.78 is 1.20. The predicted molar refractivity (Wildman–Crippen MR) is 83.5 cm³/mol. The van der Waals surface area contributed by atoms with Crippen molar-refractivity contribution in [1.29, 1.82) is 0 Å². The molecule has 0 aliphatic carbocycles. The van der Waals surface area contributed by atoms with Crippen LogP contribution in [0.2, 0.25) is 0 Å². The number of benzene rings is 1. The van der Waals surface area contributed by atoms with Gasteiger partial charge in [0, 0.05) is 4.88 Å². The van der Waals surface area contributed by atoms with Crippen molar-refractivity contribution in [3.63, 3.8) is 0 Å². The molecule has 0 aliphatic rings. The summed E-state index contributed by atoms with van der Waals surface area (Å²) in [5, 5.41) is 3.57. The van der Waals surface area contributed by atoms with E-state index in [0.717, 1.165) is 6.54 Å². The van der Waals surface area contributed by atoms with Crippen LogP contribution in [0.5, 0.6) is 0 Å². The van der Waals surface area contributed by atoms with Crippen molar-refractivity contribution in [3.8, 4) is 0 Å². The Kier molecular flexibility index (Phi) is 4.60. The van der Waals surface area contributed by atoms with Gasteiger partial charge < -0.3 is 5.32 Å². The number of aryl methyl sites for hydroxylation is 2. The van der Waals surface area contributed by atoms with Crippen molar-refractivity contribution >= 4 is 27.3 Å². The van der Waals surface area contributed by atoms with Crippen molar-refractivity contribution in [2.24, 2.45) is 0 Å². The molecule has 1 heterocycles. The third kappa shape index (κ3) is 3.02. The van der Waals surface area contributed by atoms with Gasteiger partial charge in [-0.2, -0.15) is 0 Å². The lowest BCUT2D eigenvalue weighted by atomic mass is 9.98. The number of nitrogens with one attached hydrogen (secondary N) is 1. The van der Waals surface area contributed by atoms with Gasteiger partial charge in [0.1, 0.15) is 0 Å². The van der Waals surface area contributed by atoms with Crippen molar-refractivity contribution in [3.05, 3.63) is 55.7 Å². The van der Waals surface area contributed by atoms with Crippen LogP contribution in [-0.2, 0) is 0 Å². The summed E-state index contributed by atoms with van der Waals surface area (Å²) in [6.07, 6.45) is 0. The lowest BCUT2D eigenvalue weighted by molar-refractivity contribution is 0.630. The third-order valence-corrected chi connectivity index (χ3v) is 4.63. The van der Waals surface area contributed by atoms with Crippen LogP contribution < -0.4 is 5.32 Å². The Morgan fingerprint density at radius 3 is 2.39 bits per heavy atom. The molecule has 2 rings (SSSR count). The molecular weight excluding hydrogens is 306 g/mol. The van der Waals surface area contributed by atoms with E-state index in [9.17, 15) is 0 Å². The van der Waals surface area contributed by atoms with Gasteiger partial charge in [-0.05, 0) is 53.5 Å². The molecule has 0 spiro atoms. The maximum atomic E-state index is 3.58. The number of thiophene rings is 1. The molecule has 3 heteroatoms. The zero-order chi connectivity index (χ0) is 13.1. The monoisotopic (exact) mass is 323 g/mol. The number of rotatable bonds is 4. The van der Waals surface area contributed by atoms with Crippen LogP contribution >= 0.6 is 27.3 Å². The topological polar surface area (TPSA) is 12.0 Å². The highest BCUT2D eigenvalue weighted by Gasteiger charge is 2.17. The van der Waals surface area contributed by atoms with Gasteiger partial charge in [0.25, 0.3) is 0 Å². The average molecular weight is 324 g/mol. The second-order valence-corrected chi connectivity index (χ2v) is 7.10. The fourth-order valence-corrected chi connectivity index (χ4v) is 3.86. The molecule has 1 aromatic heterocycles. The van der Waals surface area contributed by atoms with Crippen LogP contribution in [0.3, 0.4) is 0 Å². The van der Waals surface area contributed by atoms with Gasteiger partial charge in [-0.15, -0.1) is 11.3 Å². The highest BCUT2D eigenvalue weighted by atomic mass is 79.9. The number of hydrogen-bond donors (Lipinski definition) is 1. The molecule has 0 saturated heterocycles. The Morgan fingerprint density at radius 1 is 1.22 bits per heavy atom. The van der Waals surface area contributed by atoms with E-state index in [1.807, 2.05) is 0 Å². The lowest BCUT2D eigenvalue weighted by Crippen LogP contribution is -2.22. The maximum absolute atomic E-state index is 3.58. The summed E-state index contributed by atoms with van der Waals surface area (Å²) in [5.74, 6) is 0. The quantitative estimate of drug-likeness (QED) is 0.850. The normalized spacial score (nSPS) is 12.7. The number of hydrogen-bond acceptors (Lipinski definition) is 2. The Bertz CT molecular complexity index is 516. The summed E-state index contributed by atoms with van der Waals surface area (Å²) in [6, 6.07) is 11.3. The average Bonchev–Trinajstić information content (AvgIpc) is 2.67. The minimum Gasteiger partial charge on any atom is -0.306 e. The fourth-order valence-electron chi connectivity index (χ4n) is 2.12. The first-order valence-corrected chi connectivity index (χ1v) is 7.78. The van der Waals surface area contributed by atoms with Crippen LogP contribution in [0.1, 0.15) is 34.5 Å². The van der Waals surface area contributed by atoms with Gasteiger partial charge in [0.15, 0.2) is 0 Å². The Hall–Kier alpha value is -0.640. The number of halogens is 1. The second-order valence-electron chi connectivity index (χ2n) is 4.46. The Labute approximate surface area is 121 Å². The van der Waals surface area contributed by atoms with Gasteiger partial charge in [-0.1, -0.05) is 36.8 Å². The zero-order valence-corrected chi connectivity index (χ0v) is 13.4. The summed E-state index contributed by atoms with van der Waals surface area (Å²) in [6.45, 7) is 7.42. The molecule has 0 amide bonds. The summed E-state index contributed by atoms with van der Waals surface area (Å²) in [7, 11) is 0. The van der Waals surface area contributed by atoms with Gasteiger partial charge in [-0.25, -0.2) is 0 Å². The van der Waals surface area contributed by atoms with E-state index >= 15 is 0 Å². The van der Waals surface area contributed by atoms with E-state index < -0.39 is 0 Å². The van der Waals surface area contributed by atoms with Crippen LogP contribution in [-0.4, -0.2) is 6.54 Å². The minimum atomic E-state index is 0.290. The molecular formula is C15H18BrNS. The largest absolute Gasteiger partial charge is 0.306 e. The molecule has 96 valence electrons. The molecule has 18 heavy (non-hydrogen) atoms. The van der Waals surface area contributed by atoms with Crippen LogP contribution in [0, 0.1) is 13.8 Å².